The maximum Gasteiger partial charge on any atom is 0.233 e. The van der Waals surface area contributed by atoms with Gasteiger partial charge in [0.2, 0.25) is 10.0 Å². The first-order valence-electron chi connectivity index (χ1n) is 6.40. The molecule has 1 aromatic carbocycles. The Labute approximate surface area is 125 Å². The summed E-state index contributed by atoms with van der Waals surface area (Å²) in [4.78, 5) is 0. The molecule has 0 spiro atoms. The van der Waals surface area contributed by atoms with Gasteiger partial charge in [0.05, 0.1) is 6.10 Å². The van der Waals surface area contributed by atoms with E-state index in [1.807, 2.05) is 13.8 Å². The van der Waals surface area contributed by atoms with Crippen LogP contribution in [0.25, 0.3) is 6.08 Å². The molecule has 0 amide bonds. The first kappa shape index (κ1) is 17.2. The minimum absolute atomic E-state index is 0.00732. The van der Waals surface area contributed by atoms with Gasteiger partial charge in [-0.3, -0.25) is 0 Å². The molecule has 0 saturated heterocycles. The van der Waals surface area contributed by atoms with Gasteiger partial charge >= 0.3 is 0 Å². The summed E-state index contributed by atoms with van der Waals surface area (Å²) in [7, 11) is -3.58. The summed E-state index contributed by atoms with van der Waals surface area (Å²) in [5.41, 5.74) is 0.627. The second-order valence-electron chi connectivity index (χ2n) is 5.00. The smallest absolute Gasteiger partial charge is 0.233 e. The molecule has 0 aromatic heterocycles. The Kier molecular flexibility index (Phi) is 6.68. The molecule has 6 heteroatoms. The molecule has 1 rings (SSSR count). The highest BCUT2D eigenvalue weighted by Gasteiger charge is 2.11. The van der Waals surface area contributed by atoms with E-state index in [1.54, 1.807) is 24.3 Å². The van der Waals surface area contributed by atoms with E-state index in [9.17, 15) is 13.5 Å². The van der Waals surface area contributed by atoms with Crippen LogP contribution >= 0.6 is 11.6 Å². The number of halogens is 1. The number of rotatable bonds is 7. The van der Waals surface area contributed by atoms with Gasteiger partial charge < -0.3 is 5.11 Å². The van der Waals surface area contributed by atoms with Gasteiger partial charge in [0.15, 0.2) is 0 Å². The third kappa shape index (κ3) is 6.52. The average molecular weight is 318 g/mol. The largest absolute Gasteiger partial charge is 0.392 e. The molecule has 4 nitrogen and oxygen atoms in total. The predicted octanol–water partition coefficient (Wildman–Crippen LogP) is 2.64. The van der Waals surface area contributed by atoms with Crippen molar-refractivity contribution < 1.29 is 13.5 Å². The molecule has 0 bridgehead atoms. The van der Waals surface area contributed by atoms with Crippen LogP contribution in [0.5, 0.6) is 0 Å². The fourth-order valence-electron chi connectivity index (χ4n) is 1.66. The Hall–Kier alpha value is -0.880. The monoisotopic (exact) mass is 317 g/mol. The highest BCUT2D eigenvalue weighted by molar-refractivity contribution is 7.92. The van der Waals surface area contributed by atoms with E-state index in [0.29, 0.717) is 22.9 Å². The van der Waals surface area contributed by atoms with Crippen LogP contribution in [-0.4, -0.2) is 26.2 Å². The highest BCUT2D eigenvalue weighted by atomic mass is 35.5. The molecule has 0 heterocycles. The van der Waals surface area contributed by atoms with Gasteiger partial charge in [-0.2, -0.15) is 0 Å². The van der Waals surface area contributed by atoms with Crippen LogP contribution in [0.4, 0.5) is 0 Å². The van der Waals surface area contributed by atoms with Gasteiger partial charge in [0, 0.05) is 17.0 Å². The number of nitrogens with one attached hydrogen (secondary N) is 1. The van der Waals surface area contributed by atoms with E-state index in [1.165, 1.54) is 6.08 Å². The number of hydrogen-bond donors (Lipinski definition) is 2. The number of aliphatic hydroxyl groups excluding tert-OH is 1. The van der Waals surface area contributed by atoms with Crippen molar-refractivity contribution >= 4 is 27.7 Å². The van der Waals surface area contributed by atoms with Crippen LogP contribution < -0.4 is 4.72 Å². The third-order valence-electron chi connectivity index (χ3n) is 2.60. The summed E-state index contributed by atoms with van der Waals surface area (Å²) < 4.78 is 25.9. The molecule has 0 saturated carbocycles. The van der Waals surface area contributed by atoms with Gasteiger partial charge in [-0.1, -0.05) is 43.6 Å². The summed E-state index contributed by atoms with van der Waals surface area (Å²) in [6.07, 6.45) is 1.30. The van der Waals surface area contributed by atoms with Gasteiger partial charge in [0.25, 0.3) is 0 Å². The van der Waals surface area contributed by atoms with E-state index < -0.39 is 16.1 Å². The second kappa shape index (κ2) is 7.78. The maximum absolute atomic E-state index is 11.8. The van der Waals surface area contributed by atoms with Crippen molar-refractivity contribution in [3.63, 3.8) is 0 Å². The van der Waals surface area contributed by atoms with Crippen LogP contribution in [0.3, 0.4) is 0 Å². The molecule has 20 heavy (non-hydrogen) atoms. The van der Waals surface area contributed by atoms with Crippen LogP contribution in [0.2, 0.25) is 5.02 Å². The Morgan fingerprint density at radius 2 is 2.00 bits per heavy atom. The average Bonchev–Trinajstić information content (AvgIpc) is 2.35. The topological polar surface area (TPSA) is 66.4 Å². The van der Waals surface area contributed by atoms with Gasteiger partial charge in [-0.05, 0) is 30.0 Å². The number of aliphatic hydroxyl groups is 1. The Morgan fingerprint density at radius 1 is 1.35 bits per heavy atom. The standard InChI is InChI=1S/C14H20ClNO3S/c1-11(2)9-13(17)10-16-20(18,19)8-7-12-5-3-4-6-14(12)15/h3-8,11,13,16-17H,9-10H2,1-2H3/b8-7+. The van der Waals surface area contributed by atoms with Crippen LogP contribution in [0.1, 0.15) is 25.8 Å². The molecule has 112 valence electrons. The lowest BCUT2D eigenvalue weighted by atomic mass is 10.1. The zero-order valence-corrected chi connectivity index (χ0v) is 13.2. The zero-order chi connectivity index (χ0) is 15.2. The summed E-state index contributed by atoms with van der Waals surface area (Å²) in [5, 5.41) is 11.2. The molecule has 1 atom stereocenters. The van der Waals surface area contributed by atoms with Crippen LogP contribution in [0.15, 0.2) is 29.7 Å². The summed E-state index contributed by atoms with van der Waals surface area (Å²) >= 11 is 5.93. The van der Waals surface area contributed by atoms with Crippen molar-refractivity contribution in [1.82, 2.24) is 4.72 Å². The molecular weight excluding hydrogens is 298 g/mol. The first-order valence-corrected chi connectivity index (χ1v) is 8.33. The molecule has 0 fully saturated rings. The van der Waals surface area contributed by atoms with Crippen molar-refractivity contribution in [2.45, 2.75) is 26.4 Å². The van der Waals surface area contributed by atoms with Gasteiger partial charge in [-0.15, -0.1) is 0 Å². The van der Waals surface area contributed by atoms with E-state index >= 15 is 0 Å². The second-order valence-corrected chi connectivity index (χ2v) is 7.06. The maximum atomic E-state index is 11.8. The SMILES string of the molecule is CC(C)CC(O)CNS(=O)(=O)/C=C/c1ccccc1Cl. The van der Waals surface area contributed by atoms with Crippen LogP contribution in [-0.2, 0) is 10.0 Å². The number of sulfonamides is 1. The molecule has 0 aliphatic carbocycles. The van der Waals surface area contributed by atoms with Crippen molar-refractivity contribution in [2.75, 3.05) is 6.54 Å². The number of hydrogen-bond acceptors (Lipinski definition) is 3. The quantitative estimate of drug-likeness (QED) is 0.812. The lowest BCUT2D eigenvalue weighted by Gasteiger charge is -2.12. The Bertz CT molecular complexity index is 555. The molecule has 0 radical (unpaired) electrons. The summed E-state index contributed by atoms with van der Waals surface area (Å²) in [5.74, 6) is 0.313. The van der Waals surface area contributed by atoms with E-state index in [4.69, 9.17) is 11.6 Å². The molecule has 0 aliphatic rings. The van der Waals surface area contributed by atoms with Crippen molar-refractivity contribution in [3.8, 4) is 0 Å². The lowest BCUT2D eigenvalue weighted by Crippen LogP contribution is -2.31. The molecule has 1 unspecified atom stereocenters. The predicted molar refractivity (Wildman–Crippen MR) is 82.9 cm³/mol. The molecular formula is C14H20ClNO3S. The normalized spacial score (nSPS) is 14.1. The fourth-order valence-corrected chi connectivity index (χ4v) is 2.71. The van der Waals surface area contributed by atoms with Gasteiger partial charge in [0.1, 0.15) is 0 Å². The first-order chi connectivity index (χ1) is 9.30. The van der Waals surface area contributed by atoms with Crippen molar-refractivity contribution in [3.05, 3.63) is 40.3 Å². The summed E-state index contributed by atoms with van der Waals surface area (Å²) in [6, 6.07) is 6.96. The minimum Gasteiger partial charge on any atom is -0.392 e. The third-order valence-corrected chi connectivity index (χ3v) is 4.00. The summed E-state index contributed by atoms with van der Waals surface area (Å²) in [6.45, 7) is 3.94. The molecule has 2 N–H and O–H groups in total. The Morgan fingerprint density at radius 3 is 2.60 bits per heavy atom. The molecule has 1 aromatic rings. The van der Waals surface area contributed by atoms with E-state index in [0.717, 1.165) is 5.41 Å². The lowest BCUT2D eigenvalue weighted by molar-refractivity contribution is 0.152. The van der Waals surface area contributed by atoms with E-state index in [-0.39, 0.29) is 6.54 Å². The minimum atomic E-state index is -3.58. The van der Waals surface area contributed by atoms with Crippen molar-refractivity contribution in [1.29, 1.82) is 0 Å². The van der Waals surface area contributed by atoms with E-state index in [2.05, 4.69) is 4.72 Å². The molecule has 0 aliphatic heterocycles. The Balaban J connectivity index is 2.60. The van der Waals surface area contributed by atoms with Crippen LogP contribution in [0, 0.1) is 5.92 Å². The van der Waals surface area contributed by atoms with Crippen molar-refractivity contribution in [2.24, 2.45) is 5.92 Å². The number of benzene rings is 1. The fraction of sp³-hybridized carbons (Fsp3) is 0.429. The highest BCUT2D eigenvalue weighted by Crippen LogP contribution is 2.16. The van der Waals surface area contributed by atoms with Gasteiger partial charge in [-0.25, -0.2) is 13.1 Å². The zero-order valence-electron chi connectivity index (χ0n) is 11.6.